The number of hydrogen-bond donors (Lipinski definition) is 1. The standard InChI is InChI=1S/C14H16F6NO5P/c1-10(21-12(22)24-7-11-5-3-2-4-6-11)27(23,25-8-13(15,16)17)26-9-14(18,19)20/h2-6,10H,7-9H2,1H3,(H,21,22). The van der Waals surface area contributed by atoms with E-state index in [4.69, 9.17) is 4.74 Å². The van der Waals surface area contributed by atoms with E-state index in [1.807, 2.05) is 5.32 Å². The molecular weight excluding hydrogens is 407 g/mol. The predicted octanol–water partition coefficient (Wildman–Crippen LogP) is 4.61. The number of alkyl halides is 6. The van der Waals surface area contributed by atoms with E-state index in [-0.39, 0.29) is 6.61 Å². The third kappa shape index (κ3) is 9.64. The van der Waals surface area contributed by atoms with Crippen molar-refractivity contribution < 1.29 is 49.5 Å². The van der Waals surface area contributed by atoms with Gasteiger partial charge in [0.2, 0.25) is 0 Å². The lowest BCUT2D eigenvalue weighted by molar-refractivity contribution is -0.165. The van der Waals surface area contributed by atoms with Gasteiger partial charge in [-0.1, -0.05) is 30.3 Å². The molecule has 1 N–H and O–H groups in total. The number of carbonyl (C=O) groups excluding carboxylic acids is 1. The van der Waals surface area contributed by atoms with Crippen LogP contribution in [0.25, 0.3) is 0 Å². The Bertz CT molecular complexity index is 630. The smallest absolute Gasteiger partial charge is 0.412 e. The molecule has 13 heteroatoms. The Morgan fingerprint density at radius 3 is 1.96 bits per heavy atom. The summed E-state index contributed by atoms with van der Waals surface area (Å²) in [6.45, 7) is -3.59. The maximum atomic E-state index is 12.3. The molecule has 0 fully saturated rings. The van der Waals surface area contributed by atoms with Gasteiger partial charge in [0.15, 0.2) is 13.2 Å². The molecule has 0 spiro atoms. The Kier molecular flexibility index (Phi) is 8.12. The van der Waals surface area contributed by atoms with Crippen LogP contribution in [0.5, 0.6) is 0 Å². The summed E-state index contributed by atoms with van der Waals surface area (Å²) < 4.78 is 98.7. The van der Waals surface area contributed by atoms with Gasteiger partial charge in [-0.15, -0.1) is 0 Å². The van der Waals surface area contributed by atoms with Crippen molar-refractivity contribution in [3.05, 3.63) is 35.9 Å². The van der Waals surface area contributed by atoms with E-state index < -0.39 is 45.0 Å². The van der Waals surface area contributed by atoms with Crippen LogP contribution in [-0.4, -0.2) is 37.4 Å². The first-order chi connectivity index (χ1) is 12.3. The molecule has 0 aliphatic rings. The Morgan fingerprint density at radius 2 is 1.52 bits per heavy atom. The van der Waals surface area contributed by atoms with Gasteiger partial charge in [-0.3, -0.25) is 13.6 Å². The van der Waals surface area contributed by atoms with Crippen molar-refractivity contribution in [1.82, 2.24) is 5.32 Å². The average molecular weight is 423 g/mol. The van der Waals surface area contributed by atoms with Crippen molar-refractivity contribution in [2.24, 2.45) is 0 Å². The minimum absolute atomic E-state index is 0.226. The van der Waals surface area contributed by atoms with Crippen LogP contribution < -0.4 is 5.32 Å². The number of alkyl carbamates (subject to hydrolysis) is 1. The van der Waals surface area contributed by atoms with Crippen LogP contribution in [0.4, 0.5) is 31.1 Å². The fraction of sp³-hybridized carbons (Fsp3) is 0.500. The molecule has 6 nitrogen and oxygen atoms in total. The average Bonchev–Trinajstić information content (AvgIpc) is 2.56. The van der Waals surface area contributed by atoms with Gasteiger partial charge in [0.05, 0.1) is 0 Å². The first-order valence-corrected chi connectivity index (χ1v) is 8.91. The molecule has 0 radical (unpaired) electrons. The Morgan fingerprint density at radius 1 is 1.04 bits per heavy atom. The summed E-state index contributed by atoms with van der Waals surface area (Å²) in [6, 6.07) is 8.24. The molecule has 1 aromatic rings. The van der Waals surface area contributed by atoms with E-state index in [0.717, 1.165) is 6.92 Å². The van der Waals surface area contributed by atoms with E-state index >= 15 is 0 Å². The summed E-state index contributed by atoms with van der Waals surface area (Å²) in [5, 5.41) is 1.85. The second-order valence-corrected chi connectivity index (χ2v) is 7.57. The van der Waals surface area contributed by atoms with Gasteiger partial charge in [0.25, 0.3) is 0 Å². The molecule has 1 aromatic carbocycles. The highest BCUT2D eigenvalue weighted by Gasteiger charge is 2.42. The number of rotatable bonds is 8. The molecule has 0 aliphatic carbocycles. The third-order valence-electron chi connectivity index (χ3n) is 2.83. The number of carbonyl (C=O) groups is 1. The van der Waals surface area contributed by atoms with Crippen LogP contribution >= 0.6 is 7.60 Å². The zero-order valence-corrected chi connectivity index (χ0v) is 14.7. The molecule has 154 valence electrons. The first kappa shape index (κ1) is 23.3. The molecule has 1 unspecified atom stereocenters. The van der Waals surface area contributed by atoms with Crippen molar-refractivity contribution in [1.29, 1.82) is 0 Å². The number of ether oxygens (including phenoxy) is 1. The van der Waals surface area contributed by atoms with Crippen molar-refractivity contribution in [2.75, 3.05) is 13.2 Å². The first-order valence-electron chi connectivity index (χ1n) is 7.30. The lowest BCUT2D eigenvalue weighted by atomic mass is 10.2. The minimum atomic E-state index is -5.00. The molecule has 1 amide bonds. The highest BCUT2D eigenvalue weighted by atomic mass is 31.2. The third-order valence-corrected chi connectivity index (χ3v) is 4.89. The molecule has 27 heavy (non-hydrogen) atoms. The summed E-state index contributed by atoms with van der Waals surface area (Å²) in [5.74, 6) is -1.83. The summed E-state index contributed by atoms with van der Waals surface area (Å²) in [4.78, 5) is 11.7. The van der Waals surface area contributed by atoms with Gasteiger partial charge in [-0.05, 0) is 12.5 Å². The number of halogens is 6. The van der Waals surface area contributed by atoms with E-state index in [2.05, 4.69) is 9.05 Å². The summed E-state index contributed by atoms with van der Waals surface area (Å²) in [5.41, 5.74) is 0.574. The van der Waals surface area contributed by atoms with Crippen molar-refractivity contribution in [3.63, 3.8) is 0 Å². The Balaban J connectivity index is 2.71. The summed E-state index contributed by atoms with van der Waals surface area (Å²) in [7, 11) is -5.00. The van der Waals surface area contributed by atoms with Gasteiger partial charge in [0, 0.05) is 0 Å². The molecular formula is C14H16F6NO5P. The molecule has 1 rings (SSSR count). The van der Waals surface area contributed by atoms with E-state index in [0.29, 0.717) is 5.56 Å². The molecule has 0 aliphatic heterocycles. The van der Waals surface area contributed by atoms with Gasteiger partial charge >= 0.3 is 26.0 Å². The van der Waals surface area contributed by atoms with Gasteiger partial charge in [-0.2, -0.15) is 26.3 Å². The number of hydrogen-bond acceptors (Lipinski definition) is 5. The van der Waals surface area contributed by atoms with Crippen LogP contribution in [-0.2, 0) is 25.0 Å². The molecule has 1 atom stereocenters. The van der Waals surface area contributed by atoms with Crippen LogP contribution in [0.15, 0.2) is 30.3 Å². The SMILES string of the molecule is CC(NC(=O)OCc1ccccc1)P(=O)(OCC(F)(F)F)OCC(F)(F)F. The van der Waals surface area contributed by atoms with Gasteiger partial charge in [0.1, 0.15) is 12.4 Å². The van der Waals surface area contributed by atoms with Gasteiger partial charge in [-0.25, -0.2) is 4.79 Å². The minimum Gasteiger partial charge on any atom is -0.445 e. The second kappa shape index (κ2) is 9.43. The van der Waals surface area contributed by atoms with Crippen molar-refractivity contribution in [2.45, 2.75) is 31.7 Å². The molecule has 0 heterocycles. The van der Waals surface area contributed by atoms with Crippen LogP contribution in [0.1, 0.15) is 12.5 Å². The predicted molar refractivity (Wildman–Crippen MR) is 80.8 cm³/mol. The molecule has 0 aromatic heterocycles. The second-order valence-electron chi connectivity index (χ2n) is 5.20. The maximum Gasteiger partial charge on any atom is 0.412 e. The van der Waals surface area contributed by atoms with Crippen LogP contribution in [0.2, 0.25) is 0 Å². The van der Waals surface area contributed by atoms with E-state index in [1.54, 1.807) is 30.3 Å². The lowest BCUT2D eigenvalue weighted by Gasteiger charge is -2.25. The highest BCUT2D eigenvalue weighted by Crippen LogP contribution is 2.53. The lowest BCUT2D eigenvalue weighted by Crippen LogP contribution is -2.35. The number of amides is 1. The molecule has 0 saturated heterocycles. The Labute approximate surface area is 150 Å². The molecule has 0 bridgehead atoms. The van der Waals surface area contributed by atoms with Crippen molar-refractivity contribution >= 4 is 13.7 Å². The van der Waals surface area contributed by atoms with Crippen LogP contribution in [0, 0.1) is 0 Å². The van der Waals surface area contributed by atoms with E-state index in [1.165, 1.54) is 0 Å². The fourth-order valence-corrected chi connectivity index (χ4v) is 3.04. The zero-order valence-electron chi connectivity index (χ0n) is 13.8. The highest BCUT2D eigenvalue weighted by molar-refractivity contribution is 7.54. The maximum absolute atomic E-state index is 12.3. The van der Waals surface area contributed by atoms with Crippen LogP contribution in [0.3, 0.4) is 0 Å². The summed E-state index contributed by atoms with van der Waals surface area (Å²) in [6.07, 6.45) is -11.2. The molecule has 0 saturated carbocycles. The zero-order chi connectivity index (χ0) is 20.7. The largest absolute Gasteiger partial charge is 0.445 e. The number of nitrogens with one attached hydrogen (secondary N) is 1. The quantitative estimate of drug-likeness (QED) is 0.488. The fourth-order valence-electron chi connectivity index (χ4n) is 1.60. The monoisotopic (exact) mass is 423 g/mol. The van der Waals surface area contributed by atoms with E-state index in [9.17, 15) is 35.7 Å². The van der Waals surface area contributed by atoms with Crippen molar-refractivity contribution in [3.8, 4) is 0 Å². The summed E-state index contributed by atoms with van der Waals surface area (Å²) >= 11 is 0. The number of benzene rings is 1. The normalized spacial score (nSPS) is 13.9. The van der Waals surface area contributed by atoms with Gasteiger partial charge < -0.3 is 10.1 Å². The Hall–Kier alpha value is -1.78. The topological polar surface area (TPSA) is 73.9 Å².